The summed E-state index contributed by atoms with van der Waals surface area (Å²) in [7, 11) is -1.21. The zero-order chi connectivity index (χ0) is 12.8. The molecule has 0 spiro atoms. The summed E-state index contributed by atoms with van der Waals surface area (Å²) in [6.45, 7) is 4.97. The van der Waals surface area contributed by atoms with Crippen molar-refractivity contribution >= 4 is 8.07 Å². The van der Waals surface area contributed by atoms with Gasteiger partial charge in [0.25, 0.3) is 0 Å². The number of hydrogen-bond acceptors (Lipinski definition) is 0. The summed E-state index contributed by atoms with van der Waals surface area (Å²) in [6.07, 6.45) is 9.73. The quantitative estimate of drug-likeness (QED) is 0.655. The zero-order valence-electron chi connectivity index (χ0n) is 11.9. The van der Waals surface area contributed by atoms with E-state index < -0.39 is 8.07 Å². The van der Waals surface area contributed by atoms with Crippen LogP contribution in [-0.2, 0) is 6.04 Å². The fraction of sp³-hybridized carbons (Fsp3) is 0.529. The third kappa shape index (κ3) is 4.45. The van der Waals surface area contributed by atoms with Crippen LogP contribution in [0.25, 0.3) is 0 Å². The van der Waals surface area contributed by atoms with Gasteiger partial charge in [-0.1, -0.05) is 80.0 Å². The van der Waals surface area contributed by atoms with Crippen molar-refractivity contribution in [3.8, 4) is 0 Å². The first-order chi connectivity index (χ1) is 8.66. The van der Waals surface area contributed by atoms with E-state index in [4.69, 9.17) is 0 Å². The third-order valence-corrected chi connectivity index (χ3v) is 6.39. The Labute approximate surface area is 113 Å². The van der Waals surface area contributed by atoms with Gasteiger partial charge in [-0.2, -0.15) is 0 Å². The molecule has 1 saturated carbocycles. The number of rotatable bonds is 4. The van der Waals surface area contributed by atoms with E-state index in [0.29, 0.717) is 0 Å². The van der Waals surface area contributed by atoms with Crippen LogP contribution in [0.5, 0.6) is 0 Å². The third-order valence-electron chi connectivity index (χ3n) is 3.97. The summed E-state index contributed by atoms with van der Waals surface area (Å²) in [5, 5.41) is 0. The second kappa shape index (κ2) is 6.37. The van der Waals surface area contributed by atoms with Gasteiger partial charge < -0.3 is 0 Å². The monoisotopic (exact) mass is 258 g/mol. The molecule has 0 unspecified atom stereocenters. The Morgan fingerprint density at radius 3 is 2.39 bits per heavy atom. The minimum absolute atomic E-state index is 0.876. The second-order valence-electron chi connectivity index (χ2n) is 6.41. The Kier molecular flexibility index (Phi) is 4.82. The molecule has 1 aromatic rings. The Balaban J connectivity index is 1.91. The Morgan fingerprint density at radius 1 is 1.06 bits per heavy atom. The minimum Gasteiger partial charge on any atom is -0.0981 e. The summed E-state index contributed by atoms with van der Waals surface area (Å²) in [4.78, 5) is 0. The maximum atomic E-state index is 2.59. The van der Waals surface area contributed by atoms with Crippen LogP contribution in [0.3, 0.4) is 0 Å². The molecule has 0 aromatic heterocycles. The highest BCUT2D eigenvalue weighted by atomic mass is 28.3. The van der Waals surface area contributed by atoms with E-state index in [1.54, 1.807) is 0 Å². The molecule has 0 atom stereocenters. The number of allylic oxidation sites excluding steroid dienone is 1. The molecule has 0 bridgehead atoms. The van der Waals surface area contributed by atoms with Gasteiger partial charge in [-0.25, -0.2) is 0 Å². The van der Waals surface area contributed by atoms with Gasteiger partial charge in [0, 0.05) is 0 Å². The maximum Gasteiger partial charge on any atom is 0.0756 e. The number of hydrogen-bond donors (Lipinski definition) is 0. The van der Waals surface area contributed by atoms with Crippen molar-refractivity contribution in [3.63, 3.8) is 0 Å². The summed E-state index contributed by atoms with van der Waals surface area (Å²) in [6, 6.07) is 12.2. The van der Waals surface area contributed by atoms with Gasteiger partial charge >= 0.3 is 0 Å². The Hall–Kier alpha value is -0.823. The normalized spacial score (nSPS) is 18.3. The summed E-state index contributed by atoms with van der Waals surface area (Å²) in [5.41, 5.74) is 4.10. The first-order valence-electron chi connectivity index (χ1n) is 7.39. The first kappa shape index (κ1) is 13.6. The van der Waals surface area contributed by atoms with Crippen LogP contribution in [0.2, 0.25) is 13.1 Å². The molecule has 0 aliphatic heterocycles. The first-order valence-corrected chi connectivity index (χ1v) is 10.7. The maximum absolute atomic E-state index is 2.59. The molecular formula is C17H26Si. The molecule has 2 rings (SSSR count). The van der Waals surface area contributed by atoms with Crippen molar-refractivity contribution in [2.24, 2.45) is 5.92 Å². The molecule has 0 heterocycles. The molecule has 0 saturated heterocycles. The van der Waals surface area contributed by atoms with Gasteiger partial charge in [0.1, 0.15) is 0 Å². The molecule has 0 radical (unpaired) electrons. The van der Waals surface area contributed by atoms with Crippen molar-refractivity contribution in [3.05, 3.63) is 47.7 Å². The lowest BCUT2D eigenvalue weighted by atomic mass is 9.90. The van der Waals surface area contributed by atoms with Gasteiger partial charge in [0.15, 0.2) is 0 Å². The average molecular weight is 258 g/mol. The molecule has 0 N–H and O–H groups in total. The lowest BCUT2D eigenvalue weighted by molar-refractivity contribution is 0.419. The molecule has 1 aromatic carbocycles. The SMILES string of the molecule is C[Si](C)(/C=C/C1CCCCC1)Cc1ccccc1. The van der Waals surface area contributed by atoms with E-state index in [0.717, 1.165) is 5.92 Å². The fourth-order valence-corrected chi connectivity index (χ4v) is 5.10. The van der Waals surface area contributed by atoms with E-state index in [-0.39, 0.29) is 0 Å². The highest BCUT2D eigenvalue weighted by Crippen LogP contribution is 2.25. The Morgan fingerprint density at radius 2 is 1.72 bits per heavy atom. The highest BCUT2D eigenvalue weighted by Gasteiger charge is 2.18. The minimum atomic E-state index is -1.21. The van der Waals surface area contributed by atoms with Gasteiger partial charge in [-0.3, -0.25) is 0 Å². The molecule has 1 fully saturated rings. The smallest absolute Gasteiger partial charge is 0.0756 e. The van der Waals surface area contributed by atoms with Crippen molar-refractivity contribution in [2.75, 3.05) is 0 Å². The van der Waals surface area contributed by atoms with Gasteiger partial charge in [0.05, 0.1) is 8.07 Å². The topological polar surface area (TPSA) is 0 Å². The van der Waals surface area contributed by atoms with Gasteiger partial charge in [0.2, 0.25) is 0 Å². The van der Waals surface area contributed by atoms with E-state index >= 15 is 0 Å². The average Bonchev–Trinajstić information content (AvgIpc) is 2.38. The Bertz CT molecular complexity index is 372. The van der Waals surface area contributed by atoms with E-state index in [9.17, 15) is 0 Å². The van der Waals surface area contributed by atoms with Crippen LogP contribution in [-0.4, -0.2) is 8.07 Å². The van der Waals surface area contributed by atoms with E-state index in [2.05, 4.69) is 55.2 Å². The van der Waals surface area contributed by atoms with Crippen molar-refractivity contribution < 1.29 is 0 Å². The molecule has 18 heavy (non-hydrogen) atoms. The van der Waals surface area contributed by atoms with E-state index in [1.165, 1.54) is 43.7 Å². The molecule has 1 aliphatic rings. The predicted octanol–water partition coefficient (Wildman–Crippen LogP) is 5.15. The van der Waals surface area contributed by atoms with Crippen LogP contribution < -0.4 is 0 Å². The summed E-state index contributed by atoms with van der Waals surface area (Å²) < 4.78 is 0. The largest absolute Gasteiger partial charge is 0.0981 e. The number of benzene rings is 1. The van der Waals surface area contributed by atoms with E-state index in [1.807, 2.05) is 0 Å². The molecule has 0 amide bonds. The van der Waals surface area contributed by atoms with Crippen molar-refractivity contribution in [1.82, 2.24) is 0 Å². The van der Waals surface area contributed by atoms with Crippen LogP contribution in [0.15, 0.2) is 42.1 Å². The lowest BCUT2D eigenvalue weighted by Crippen LogP contribution is -2.27. The van der Waals surface area contributed by atoms with Gasteiger partial charge in [-0.15, -0.1) is 0 Å². The van der Waals surface area contributed by atoms with Crippen LogP contribution in [0, 0.1) is 5.92 Å². The molecule has 0 nitrogen and oxygen atoms in total. The van der Waals surface area contributed by atoms with Gasteiger partial charge in [-0.05, 0) is 24.8 Å². The van der Waals surface area contributed by atoms with Crippen molar-refractivity contribution in [2.45, 2.75) is 51.2 Å². The lowest BCUT2D eigenvalue weighted by Gasteiger charge is -2.22. The second-order valence-corrected chi connectivity index (χ2v) is 11.1. The molecule has 1 aliphatic carbocycles. The molecule has 98 valence electrons. The summed E-state index contributed by atoms with van der Waals surface area (Å²) >= 11 is 0. The summed E-state index contributed by atoms with van der Waals surface area (Å²) in [5.74, 6) is 0.876. The molecular weight excluding hydrogens is 232 g/mol. The zero-order valence-corrected chi connectivity index (χ0v) is 12.9. The fourth-order valence-electron chi connectivity index (χ4n) is 2.90. The van der Waals surface area contributed by atoms with Crippen LogP contribution in [0.4, 0.5) is 0 Å². The predicted molar refractivity (Wildman–Crippen MR) is 83.3 cm³/mol. The van der Waals surface area contributed by atoms with Crippen LogP contribution >= 0.6 is 0 Å². The highest BCUT2D eigenvalue weighted by molar-refractivity contribution is 6.81. The standard InChI is InChI=1S/C17H26Si/c1-18(2,15-17-11-7-4-8-12-17)14-13-16-9-5-3-6-10-16/h4,7-8,11-14,16H,3,5-6,9-10,15H2,1-2H3/b14-13+. The van der Waals surface area contributed by atoms with Crippen molar-refractivity contribution in [1.29, 1.82) is 0 Å². The molecule has 1 heteroatoms. The van der Waals surface area contributed by atoms with Crippen LogP contribution in [0.1, 0.15) is 37.7 Å².